The molecular weight excluding hydrogens is 550 g/mol. The third kappa shape index (κ3) is 5.71. The van der Waals surface area contributed by atoms with Crippen molar-refractivity contribution in [1.29, 1.82) is 0 Å². The first-order chi connectivity index (χ1) is 18.1. The number of aromatic nitrogens is 1. The van der Waals surface area contributed by atoms with E-state index < -0.39 is 29.2 Å². The first kappa shape index (κ1) is 27.7. The number of nitrogens with two attached hydrogens (primary N) is 1. The summed E-state index contributed by atoms with van der Waals surface area (Å²) in [6.45, 7) is 3.45. The topological polar surface area (TPSA) is 164 Å². The number of β-lactam (4-membered cyclic amide) rings is 1. The summed E-state index contributed by atoms with van der Waals surface area (Å²) < 4.78 is 0. The summed E-state index contributed by atoms with van der Waals surface area (Å²) in [5, 5.41) is 17.6. The lowest BCUT2D eigenvalue weighted by atomic mass is 9.95. The number of thioether (sulfide) groups is 2. The Morgan fingerprint density at radius 2 is 2.13 bits per heavy atom. The van der Waals surface area contributed by atoms with Gasteiger partial charge in [0.2, 0.25) is 0 Å². The van der Waals surface area contributed by atoms with Gasteiger partial charge < -0.3 is 21.0 Å². The van der Waals surface area contributed by atoms with E-state index in [2.05, 4.69) is 15.5 Å². The number of hydrogen-bond acceptors (Lipinski definition) is 11. The highest BCUT2D eigenvalue weighted by Gasteiger charge is 2.54. The van der Waals surface area contributed by atoms with E-state index in [1.807, 2.05) is 25.1 Å². The van der Waals surface area contributed by atoms with E-state index in [9.17, 15) is 24.3 Å². The van der Waals surface area contributed by atoms with Gasteiger partial charge in [-0.3, -0.25) is 19.3 Å². The van der Waals surface area contributed by atoms with Crippen molar-refractivity contribution in [3.63, 3.8) is 0 Å². The molecule has 1 aromatic heterocycles. The lowest BCUT2D eigenvalue weighted by Gasteiger charge is -2.49. The van der Waals surface area contributed by atoms with E-state index in [-0.39, 0.29) is 27.3 Å². The maximum absolute atomic E-state index is 13.1. The largest absolute Gasteiger partial charge is 0.477 e. The molecule has 14 heteroatoms. The Morgan fingerprint density at radius 1 is 1.37 bits per heavy atom. The first-order valence-corrected chi connectivity index (χ1v) is 14.3. The summed E-state index contributed by atoms with van der Waals surface area (Å²) in [7, 11) is 1.28. The zero-order valence-electron chi connectivity index (χ0n) is 20.7. The van der Waals surface area contributed by atoms with Crippen molar-refractivity contribution in [3.8, 4) is 0 Å². The number of carbonyl (C=O) groups is 4. The van der Waals surface area contributed by atoms with Gasteiger partial charge in [-0.15, -0.1) is 23.1 Å². The van der Waals surface area contributed by atoms with Gasteiger partial charge in [0.15, 0.2) is 16.0 Å². The van der Waals surface area contributed by atoms with E-state index in [1.165, 1.54) is 42.5 Å². The quantitative estimate of drug-likeness (QED) is 0.229. The second-order valence-electron chi connectivity index (χ2n) is 8.53. The fourth-order valence-electron chi connectivity index (χ4n) is 4.14. The normalized spacial score (nSPS) is 19.1. The minimum Gasteiger partial charge on any atom is -0.477 e. The van der Waals surface area contributed by atoms with Crippen LogP contribution in [0.2, 0.25) is 0 Å². The second-order valence-corrected chi connectivity index (χ2v) is 11.7. The molecule has 0 unspecified atom stereocenters. The molecule has 0 bridgehead atoms. The average molecular weight is 576 g/mol. The van der Waals surface area contributed by atoms with Crippen molar-refractivity contribution >= 4 is 68.6 Å². The third-order valence-corrected chi connectivity index (χ3v) is 8.86. The van der Waals surface area contributed by atoms with Gasteiger partial charge in [-0.25, -0.2) is 9.78 Å². The number of aryl methyl sites for hydroxylation is 1. The number of hydrogen-bond donors (Lipinski definition) is 3. The number of benzene rings is 1. The van der Waals surface area contributed by atoms with Crippen LogP contribution in [0.4, 0.5) is 5.13 Å². The Bertz CT molecular complexity index is 1370. The van der Waals surface area contributed by atoms with Crippen LogP contribution >= 0.6 is 34.9 Å². The van der Waals surface area contributed by atoms with Crippen molar-refractivity contribution in [3.05, 3.63) is 57.2 Å². The highest BCUT2D eigenvalue weighted by Crippen LogP contribution is 2.41. The molecular formula is C24H25N5O6S3. The number of carboxylic acid groups (broad SMARTS) is 1. The van der Waals surface area contributed by atoms with Gasteiger partial charge in [0, 0.05) is 23.8 Å². The van der Waals surface area contributed by atoms with Gasteiger partial charge in [-0.05, 0) is 35.6 Å². The molecule has 4 rings (SSSR count). The maximum Gasteiger partial charge on any atom is 0.352 e. The molecule has 0 radical (unpaired) electrons. The SMILES string of the molecule is CO/N=C(\C(=O)N[C@@H]1C(=O)N2C(C(=O)O)=C(Cc3cc(CSC(C)=O)ccc3C)CS[C@H]12)c1csc(N)n1. The molecule has 2 atom stereocenters. The summed E-state index contributed by atoms with van der Waals surface area (Å²) >= 11 is 3.71. The molecule has 1 aromatic carbocycles. The number of oxime groups is 1. The highest BCUT2D eigenvalue weighted by molar-refractivity contribution is 8.12. The molecule has 1 fully saturated rings. The average Bonchev–Trinajstić information content (AvgIpc) is 3.31. The minimum absolute atomic E-state index is 0.0204. The molecule has 2 aromatic rings. The summed E-state index contributed by atoms with van der Waals surface area (Å²) in [6.07, 6.45) is 0.350. The van der Waals surface area contributed by atoms with Gasteiger partial charge in [-0.1, -0.05) is 35.1 Å². The second kappa shape index (κ2) is 11.6. The molecule has 2 amide bonds. The molecule has 4 N–H and O–H groups in total. The van der Waals surface area contributed by atoms with Crippen LogP contribution < -0.4 is 11.1 Å². The summed E-state index contributed by atoms with van der Waals surface area (Å²) in [5.74, 6) is -1.51. The van der Waals surface area contributed by atoms with E-state index in [4.69, 9.17) is 10.6 Å². The van der Waals surface area contributed by atoms with Crippen LogP contribution in [0.5, 0.6) is 0 Å². The van der Waals surface area contributed by atoms with E-state index in [0.717, 1.165) is 28.0 Å². The van der Waals surface area contributed by atoms with Crippen LogP contribution in [0.15, 0.2) is 40.0 Å². The van der Waals surface area contributed by atoms with Crippen molar-refractivity contribution in [1.82, 2.24) is 15.2 Å². The number of carbonyl (C=O) groups excluding carboxylic acids is 3. The molecule has 11 nitrogen and oxygen atoms in total. The fourth-order valence-corrected chi connectivity index (χ4v) is 6.58. The van der Waals surface area contributed by atoms with E-state index in [1.54, 1.807) is 5.38 Å². The molecule has 1 saturated heterocycles. The minimum atomic E-state index is -1.20. The number of anilines is 1. The number of aliphatic carboxylic acids is 1. The van der Waals surface area contributed by atoms with Gasteiger partial charge in [0.25, 0.3) is 11.8 Å². The zero-order valence-corrected chi connectivity index (χ0v) is 23.2. The molecule has 2 aliphatic heterocycles. The lowest BCUT2D eigenvalue weighted by molar-refractivity contribution is -0.150. The van der Waals surface area contributed by atoms with Crippen LogP contribution in [0.1, 0.15) is 29.3 Å². The number of amides is 2. The van der Waals surface area contributed by atoms with Gasteiger partial charge in [-0.2, -0.15) is 0 Å². The smallest absolute Gasteiger partial charge is 0.352 e. The molecule has 0 spiro atoms. The molecule has 0 saturated carbocycles. The van der Waals surface area contributed by atoms with Gasteiger partial charge in [0.05, 0.1) is 0 Å². The van der Waals surface area contributed by atoms with Crippen LogP contribution in [-0.4, -0.2) is 67.9 Å². The molecule has 38 heavy (non-hydrogen) atoms. The van der Waals surface area contributed by atoms with Crippen LogP contribution in [-0.2, 0) is 36.2 Å². The Morgan fingerprint density at radius 3 is 2.76 bits per heavy atom. The van der Waals surface area contributed by atoms with Gasteiger partial charge in [0.1, 0.15) is 29.9 Å². The van der Waals surface area contributed by atoms with Crippen molar-refractivity contribution in [2.24, 2.45) is 5.16 Å². The summed E-state index contributed by atoms with van der Waals surface area (Å²) in [6, 6.07) is 4.92. The van der Waals surface area contributed by atoms with Crippen LogP contribution in [0.3, 0.4) is 0 Å². The molecule has 3 heterocycles. The number of nitrogen functional groups attached to an aromatic ring is 1. The number of nitrogens with one attached hydrogen (secondary N) is 1. The van der Waals surface area contributed by atoms with Crippen LogP contribution in [0, 0.1) is 6.92 Å². The number of nitrogens with zero attached hydrogens (tertiary/aromatic N) is 3. The number of rotatable bonds is 9. The van der Waals surface area contributed by atoms with Crippen molar-refractivity contribution < 1.29 is 29.1 Å². The monoisotopic (exact) mass is 575 g/mol. The lowest BCUT2D eigenvalue weighted by Crippen LogP contribution is -2.71. The number of thiazole rings is 1. The molecule has 200 valence electrons. The summed E-state index contributed by atoms with van der Waals surface area (Å²) in [4.78, 5) is 59.7. The van der Waals surface area contributed by atoms with Gasteiger partial charge >= 0.3 is 5.97 Å². The first-order valence-electron chi connectivity index (χ1n) is 11.4. The fraction of sp³-hybridized carbons (Fsp3) is 0.333. The van der Waals surface area contributed by atoms with Crippen molar-refractivity contribution in [2.75, 3.05) is 18.6 Å². The van der Waals surface area contributed by atoms with Crippen molar-refractivity contribution in [2.45, 2.75) is 37.4 Å². The highest BCUT2D eigenvalue weighted by atomic mass is 32.2. The third-order valence-electron chi connectivity index (χ3n) is 5.96. The maximum atomic E-state index is 13.1. The summed E-state index contributed by atoms with van der Waals surface area (Å²) in [5.41, 5.74) is 9.15. The van der Waals surface area contributed by atoms with E-state index >= 15 is 0 Å². The Balaban J connectivity index is 1.53. The Kier molecular flexibility index (Phi) is 8.43. The van der Waals surface area contributed by atoms with Crippen LogP contribution in [0.25, 0.3) is 0 Å². The standard InChI is InChI=1S/C24H25N5O6S3/c1-11-4-5-13(8-36-12(2)30)6-14(11)7-15-9-37-22-18(21(32)29(22)19(15)23(33)34)27-20(31)17(28-35-3)16-10-38-24(25)26-16/h4-6,10,18,22H,7-9H2,1-3H3,(H2,25,26)(H,27,31)(H,33,34)/b28-17-/t18-,22-/m1/s1. The Hall–Kier alpha value is -3.36. The number of fused-ring (bicyclic) bond motifs is 1. The number of carboxylic acids is 1. The molecule has 2 aliphatic rings. The predicted molar refractivity (Wildman–Crippen MR) is 147 cm³/mol. The Labute approximate surface area is 230 Å². The predicted octanol–water partition coefficient (Wildman–Crippen LogP) is 2.15. The zero-order chi connectivity index (χ0) is 27.6. The van der Waals surface area contributed by atoms with E-state index in [0.29, 0.717) is 23.5 Å². The molecule has 0 aliphatic carbocycles.